The Morgan fingerprint density at radius 3 is 2.59 bits per heavy atom. The average molecular weight is 368 g/mol. The number of aromatic nitrogens is 2. The molecule has 2 aromatic rings. The molecule has 0 unspecified atom stereocenters. The van der Waals surface area contributed by atoms with E-state index in [-0.39, 0.29) is 23.4 Å². The van der Waals surface area contributed by atoms with E-state index in [0.717, 1.165) is 43.6 Å². The van der Waals surface area contributed by atoms with Crippen LogP contribution in [0.5, 0.6) is 0 Å². The standard InChI is InChI=1S/C21H28N4O2/c1-3-16(2)23-21(27)18-9-11-24(12-10-18)19-13-20(26)25(22-14-19)15-17-7-5-4-6-8-17/h4-8,13-14,16,18H,3,9-12,15H2,1-2H3,(H,23,27)/t16-/m0/s1. The summed E-state index contributed by atoms with van der Waals surface area (Å²) in [6.07, 6.45) is 4.30. The number of piperidine rings is 1. The SMILES string of the molecule is CC[C@H](C)NC(=O)C1CCN(c2cnn(Cc3ccccc3)c(=O)c2)CC1. The number of hydrogen-bond donors (Lipinski definition) is 1. The zero-order chi connectivity index (χ0) is 19.2. The number of hydrogen-bond acceptors (Lipinski definition) is 4. The second-order valence-corrected chi connectivity index (χ2v) is 7.27. The van der Waals surface area contributed by atoms with Gasteiger partial charge in [-0.15, -0.1) is 0 Å². The quantitative estimate of drug-likeness (QED) is 0.850. The molecular formula is C21H28N4O2. The molecule has 1 aliphatic heterocycles. The van der Waals surface area contributed by atoms with E-state index in [9.17, 15) is 9.59 Å². The van der Waals surface area contributed by atoms with Crippen LogP contribution in [-0.2, 0) is 11.3 Å². The fourth-order valence-corrected chi connectivity index (χ4v) is 3.33. The van der Waals surface area contributed by atoms with Crippen molar-refractivity contribution in [1.82, 2.24) is 15.1 Å². The number of carbonyl (C=O) groups is 1. The van der Waals surface area contributed by atoms with Crippen LogP contribution < -0.4 is 15.8 Å². The first kappa shape index (κ1) is 19.1. The predicted octanol–water partition coefficient (Wildman–Crippen LogP) is 2.42. The molecule has 0 aliphatic carbocycles. The fraction of sp³-hybridized carbons (Fsp3) is 0.476. The van der Waals surface area contributed by atoms with Crippen LogP contribution in [0.4, 0.5) is 5.69 Å². The highest BCUT2D eigenvalue weighted by Gasteiger charge is 2.26. The summed E-state index contributed by atoms with van der Waals surface area (Å²) in [7, 11) is 0. The Hall–Kier alpha value is -2.63. The summed E-state index contributed by atoms with van der Waals surface area (Å²) in [5, 5.41) is 7.41. The first-order chi connectivity index (χ1) is 13.1. The third-order valence-electron chi connectivity index (χ3n) is 5.26. The molecule has 2 heterocycles. The van der Waals surface area contributed by atoms with Crippen molar-refractivity contribution in [2.75, 3.05) is 18.0 Å². The molecule has 27 heavy (non-hydrogen) atoms. The lowest BCUT2D eigenvalue weighted by atomic mass is 9.95. The predicted molar refractivity (Wildman–Crippen MR) is 107 cm³/mol. The van der Waals surface area contributed by atoms with Gasteiger partial charge in [0.2, 0.25) is 5.91 Å². The van der Waals surface area contributed by atoms with Gasteiger partial charge < -0.3 is 10.2 Å². The molecule has 6 heteroatoms. The summed E-state index contributed by atoms with van der Waals surface area (Å²) in [5.74, 6) is 0.210. The van der Waals surface area contributed by atoms with Gasteiger partial charge in [-0.05, 0) is 31.7 Å². The van der Waals surface area contributed by atoms with Crippen molar-refractivity contribution in [3.63, 3.8) is 0 Å². The van der Waals surface area contributed by atoms with Crippen molar-refractivity contribution in [1.29, 1.82) is 0 Å². The van der Waals surface area contributed by atoms with Gasteiger partial charge in [0.05, 0.1) is 18.4 Å². The van der Waals surface area contributed by atoms with Gasteiger partial charge in [0.25, 0.3) is 5.56 Å². The normalized spacial score (nSPS) is 16.1. The smallest absolute Gasteiger partial charge is 0.269 e. The zero-order valence-corrected chi connectivity index (χ0v) is 16.1. The number of amides is 1. The Morgan fingerprint density at radius 2 is 1.96 bits per heavy atom. The Kier molecular flexibility index (Phi) is 6.27. The van der Waals surface area contributed by atoms with Crippen molar-refractivity contribution in [2.24, 2.45) is 5.92 Å². The maximum Gasteiger partial charge on any atom is 0.269 e. The lowest BCUT2D eigenvalue weighted by molar-refractivity contribution is -0.126. The van der Waals surface area contributed by atoms with Gasteiger partial charge in [-0.25, -0.2) is 4.68 Å². The minimum atomic E-state index is -0.104. The van der Waals surface area contributed by atoms with Crippen LogP contribution in [0.1, 0.15) is 38.7 Å². The van der Waals surface area contributed by atoms with E-state index in [2.05, 4.69) is 22.2 Å². The van der Waals surface area contributed by atoms with Crippen molar-refractivity contribution < 1.29 is 4.79 Å². The molecule has 1 aromatic carbocycles. The molecule has 0 spiro atoms. The Labute approximate surface area is 160 Å². The second-order valence-electron chi connectivity index (χ2n) is 7.27. The molecule has 144 valence electrons. The maximum absolute atomic E-state index is 12.4. The fourth-order valence-electron chi connectivity index (χ4n) is 3.33. The summed E-state index contributed by atoms with van der Waals surface area (Å²) < 4.78 is 1.48. The summed E-state index contributed by atoms with van der Waals surface area (Å²) >= 11 is 0. The molecular weight excluding hydrogens is 340 g/mol. The van der Waals surface area contributed by atoms with Crippen molar-refractivity contribution in [3.8, 4) is 0 Å². The van der Waals surface area contributed by atoms with Crippen LogP contribution in [0.15, 0.2) is 47.4 Å². The molecule has 0 saturated carbocycles. The van der Waals surface area contributed by atoms with Crippen LogP contribution in [0, 0.1) is 5.92 Å². The van der Waals surface area contributed by atoms with Crippen LogP contribution in [0.3, 0.4) is 0 Å². The summed E-state index contributed by atoms with van der Waals surface area (Å²) in [5.41, 5.74) is 1.78. The minimum Gasteiger partial charge on any atom is -0.370 e. The van der Waals surface area contributed by atoms with Gasteiger partial charge in [0.1, 0.15) is 0 Å². The van der Waals surface area contributed by atoms with Gasteiger partial charge in [-0.2, -0.15) is 5.10 Å². The van der Waals surface area contributed by atoms with E-state index in [4.69, 9.17) is 0 Å². The molecule has 0 bridgehead atoms. The molecule has 1 amide bonds. The second kappa shape index (κ2) is 8.84. The highest BCUT2D eigenvalue weighted by Crippen LogP contribution is 2.22. The van der Waals surface area contributed by atoms with Gasteiger partial charge in [0, 0.05) is 31.1 Å². The molecule has 1 N–H and O–H groups in total. The molecule has 1 aromatic heterocycles. The van der Waals surface area contributed by atoms with E-state index in [1.807, 2.05) is 37.3 Å². The molecule has 1 atom stereocenters. The van der Waals surface area contributed by atoms with E-state index >= 15 is 0 Å². The molecule has 1 fully saturated rings. The number of nitrogens with zero attached hydrogens (tertiary/aromatic N) is 3. The van der Waals surface area contributed by atoms with Crippen molar-refractivity contribution in [2.45, 2.75) is 45.7 Å². The van der Waals surface area contributed by atoms with E-state index < -0.39 is 0 Å². The van der Waals surface area contributed by atoms with Crippen molar-refractivity contribution >= 4 is 11.6 Å². The topological polar surface area (TPSA) is 67.2 Å². The monoisotopic (exact) mass is 368 g/mol. The van der Waals surface area contributed by atoms with Crippen molar-refractivity contribution in [3.05, 3.63) is 58.5 Å². The zero-order valence-electron chi connectivity index (χ0n) is 16.1. The molecule has 1 saturated heterocycles. The van der Waals surface area contributed by atoms with Crippen LogP contribution >= 0.6 is 0 Å². The van der Waals surface area contributed by atoms with E-state index in [1.54, 1.807) is 12.3 Å². The Morgan fingerprint density at radius 1 is 1.26 bits per heavy atom. The van der Waals surface area contributed by atoms with Gasteiger partial charge in [-0.3, -0.25) is 9.59 Å². The van der Waals surface area contributed by atoms with Gasteiger partial charge >= 0.3 is 0 Å². The number of nitrogens with one attached hydrogen (secondary N) is 1. The highest BCUT2D eigenvalue weighted by atomic mass is 16.2. The third kappa shape index (κ3) is 4.96. The molecule has 3 rings (SSSR count). The summed E-state index contributed by atoms with van der Waals surface area (Å²) in [6.45, 7) is 6.10. The molecule has 6 nitrogen and oxygen atoms in total. The Balaban J connectivity index is 1.59. The van der Waals surface area contributed by atoms with Gasteiger partial charge in [0.15, 0.2) is 0 Å². The number of carbonyl (C=O) groups excluding carboxylic acids is 1. The average Bonchev–Trinajstić information content (AvgIpc) is 2.70. The lowest BCUT2D eigenvalue weighted by Crippen LogP contribution is -2.43. The summed E-state index contributed by atoms with van der Waals surface area (Å²) in [6, 6.07) is 11.7. The first-order valence-electron chi connectivity index (χ1n) is 9.73. The third-order valence-corrected chi connectivity index (χ3v) is 5.26. The minimum absolute atomic E-state index is 0.0571. The lowest BCUT2D eigenvalue weighted by Gasteiger charge is -2.33. The van der Waals surface area contributed by atoms with Gasteiger partial charge in [-0.1, -0.05) is 37.3 Å². The number of rotatable bonds is 6. The van der Waals surface area contributed by atoms with Crippen LogP contribution in [0.25, 0.3) is 0 Å². The van der Waals surface area contributed by atoms with Crippen LogP contribution in [0.2, 0.25) is 0 Å². The summed E-state index contributed by atoms with van der Waals surface area (Å²) in [4.78, 5) is 26.9. The molecule has 0 radical (unpaired) electrons. The van der Waals surface area contributed by atoms with E-state index in [0.29, 0.717) is 6.54 Å². The largest absolute Gasteiger partial charge is 0.370 e. The first-order valence-corrected chi connectivity index (χ1v) is 9.73. The maximum atomic E-state index is 12.4. The number of benzene rings is 1. The van der Waals surface area contributed by atoms with E-state index in [1.165, 1.54) is 4.68 Å². The number of anilines is 1. The highest BCUT2D eigenvalue weighted by molar-refractivity contribution is 5.79. The van der Waals surface area contributed by atoms with Crippen LogP contribution in [-0.4, -0.2) is 34.8 Å². The Bertz CT molecular complexity index is 810. The molecule has 1 aliphatic rings.